The SMILES string of the molecule is CC(C)N(CC1CCCN1)C1CC(C)(C)CC(C)(C)C1. The minimum Gasteiger partial charge on any atom is -0.313 e. The Bertz CT molecular complexity index is 297. The lowest BCUT2D eigenvalue weighted by atomic mass is 9.63. The van der Waals surface area contributed by atoms with Crippen LogP contribution in [0.3, 0.4) is 0 Å². The van der Waals surface area contributed by atoms with E-state index in [2.05, 4.69) is 51.8 Å². The van der Waals surface area contributed by atoms with Gasteiger partial charge < -0.3 is 5.32 Å². The fraction of sp³-hybridized carbons (Fsp3) is 1.00. The van der Waals surface area contributed by atoms with Gasteiger partial charge in [0.25, 0.3) is 0 Å². The van der Waals surface area contributed by atoms with Gasteiger partial charge in [-0.1, -0.05) is 27.7 Å². The smallest absolute Gasteiger partial charge is 0.0195 e. The van der Waals surface area contributed by atoms with E-state index in [1.54, 1.807) is 0 Å². The van der Waals surface area contributed by atoms with Crippen molar-refractivity contribution >= 4 is 0 Å². The maximum Gasteiger partial charge on any atom is 0.0195 e. The van der Waals surface area contributed by atoms with Crippen LogP contribution in [0, 0.1) is 10.8 Å². The topological polar surface area (TPSA) is 15.3 Å². The zero-order valence-corrected chi connectivity index (χ0v) is 14.6. The lowest BCUT2D eigenvalue weighted by Crippen LogP contribution is -2.52. The van der Waals surface area contributed by atoms with E-state index in [0.717, 1.165) is 12.1 Å². The molecule has 1 atom stereocenters. The first-order valence-corrected chi connectivity index (χ1v) is 8.68. The van der Waals surface area contributed by atoms with Gasteiger partial charge in [-0.3, -0.25) is 4.90 Å². The van der Waals surface area contributed by atoms with Crippen LogP contribution in [-0.2, 0) is 0 Å². The van der Waals surface area contributed by atoms with Crippen LogP contribution in [-0.4, -0.2) is 36.1 Å². The summed E-state index contributed by atoms with van der Waals surface area (Å²) in [6.45, 7) is 17.1. The van der Waals surface area contributed by atoms with Gasteiger partial charge in [0, 0.05) is 24.7 Å². The fourth-order valence-electron chi connectivity index (χ4n) is 4.97. The Morgan fingerprint density at radius 2 is 1.70 bits per heavy atom. The minimum absolute atomic E-state index is 0.489. The van der Waals surface area contributed by atoms with Gasteiger partial charge in [-0.2, -0.15) is 0 Å². The first-order chi connectivity index (χ1) is 9.19. The summed E-state index contributed by atoms with van der Waals surface area (Å²) in [4.78, 5) is 2.80. The molecule has 20 heavy (non-hydrogen) atoms. The van der Waals surface area contributed by atoms with Crippen molar-refractivity contribution in [2.45, 2.75) is 91.8 Å². The van der Waals surface area contributed by atoms with Gasteiger partial charge in [0.05, 0.1) is 0 Å². The van der Waals surface area contributed by atoms with E-state index in [0.29, 0.717) is 16.9 Å². The van der Waals surface area contributed by atoms with E-state index >= 15 is 0 Å². The molecule has 0 spiro atoms. The molecule has 1 N–H and O–H groups in total. The Hall–Kier alpha value is -0.0800. The number of nitrogens with zero attached hydrogens (tertiary/aromatic N) is 1. The van der Waals surface area contributed by atoms with Crippen molar-refractivity contribution in [3.05, 3.63) is 0 Å². The van der Waals surface area contributed by atoms with Crippen LogP contribution >= 0.6 is 0 Å². The summed E-state index contributed by atoms with van der Waals surface area (Å²) in [7, 11) is 0. The average molecular weight is 280 g/mol. The van der Waals surface area contributed by atoms with Crippen LogP contribution in [0.5, 0.6) is 0 Å². The third-order valence-electron chi connectivity index (χ3n) is 5.26. The Labute approximate surface area is 126 Å². The van der Waals surface area contributed by atoms with Gasteiger partial charge in [0.1, 0.15) is 0 Å². The second kappa shape index (κ2) is 5.96. The summed E-state index contributed by atoms with van der Waals surface area (Å²) in [6.07, 6.45) is 6.81. The molecular weight excluding hydrogens is 244 g/mol. The predicted molar refractivity (Wildman–Crippen MR) is 88.1 cm³/mol. The standard InChI is InChI=1S/C18H36N2/c1-14(2)20(12-15-8-7-9-19-15)16-10-17(3,4)13-18(5,6)11-16/h14-16,19H,7-13H2,1-6H3. The molecule has 1 saturated heterocycles. The van der Waals surface area contributed by atoms with Crippen LogP contribution in [0.1, 0.15) is 73.6 Å². The van der Waals surface area contributed by atoms with Crippen molar-refractivity contribution in [3.8, 4) is 0 Å². The molecule has 0 radical (unpaired) electrons. The second-order valence-corrected chi connectivity index (χ2v) is 9.15. The van der Waals surface area contributed by atoms with E-state index in [-0.39, 0.29) is 0 Å². The molecule has 2 aliphatic rings. The highest BCUT2D eigenvalue weighted by molar-refractivity contribution is 4.95. The molecule has 1 unspecified atom stereocenters. The molecule has 2 fully saturated rings. The van der Waals surface area contributed by atoms with Crippen molar-refractivity contribution in [1.82, 2.24) is 10.2 Å². The lowest BCUT2D eigenvalue weighted by molar-refractivity contribution is 0.00728. The van der Waals surface area contributed by atoms with E-state index < -0.39 is 0 Å². The highest BCUT2D eigenvalue weighted by atomic mass is 15.2. The number of hydrogen-bond donors (Lipinski definition) is 1. The molecule has 2 rings (SSSR count). The lowest BCUT2D eigenvalue weighted by Gasteiger charge is -2.50. The van der Waals surface area contributed by atoms with Crippen LogP contribution in [0.25, 0.3) is 0 Å². The van der Waals surface area contributed by atoms with Crippen LogP contribution in [0.15, 0.2) is 0 Å². The molecule has 1 heterocycles. The quantitative estimate of drug-likeness (QED) is 0.835. The van der Waals surface area contributed by atoms with E-state index in [1.807, 2.05) is 0 Å². The summed E-state index contributed by atoms with van der Waals surface area (Å²) in [5, 5.41) is 3.68. The molecule has 1 saturated carbocycles. The van der Waals surface area contributed by atoms with Crippen molar-refractivity contribution in [2.24, 2.45) is 10.8 Å². The molecule has 2 nitrogen and oxygen atoms in total. The Morgan fingerprint density at radius 1 is 1.10 bits per heavy atom. The second-order valence-electron chi connectivity index (χ2n) is 9.15. The fourth-order valence-corrected chi connectivity index (χ4v) is 4.97. The Morgan fingerprint density at radius 3 is 2.15 bits per heavy atom. The third kappa shape index (κ3) is 4.21. The molecule has 0 aromatic heterocycles. The first kappa shape index (κ1) is 16.3. The van der Waals surface area contributed by atoms with Gasteiger partial charge in [0.2, 0.25) is 0 Å². The summed E-state index contributed by atoms with van der Waals surface area (Å²) in [5.41, 5.74) is 0.978. The molecular formula is C18H36N2. The summed E-state index contributed by atoms with van der Waals surface area (Å²) >= 11 is 0. The molecule has 0 aromatic carbocycles. The minimum atomic E-state index is 0.489. The molecule has 0 bridgehead atoms. The van der Waals surface area contributed by atoms with Gasteiger partial charge in [0.15, 0.2) is 0 Å². The number of hydrogen-bond acceptors (Lipinski definition) is 2. The molecule has 2 heteroatoms. The van der Waals surface area contributed by atoms with Crippen LogP contribution < -0.4 is 5.32 Å². The van der Waals surface area contributed by atoms with Crippen molar-refractivity contribution in [3.63, 3.8) is 0 Å². The Balaban J connectivity index is 2.07. The van der Waals surface area contributed by atoms with Crippen LogP contribution in [0.4, 0.5) is 0 Å². The van der Waals surface area contributed by atoms with Crippen molar-refractivity contribution < 1.29 is 0 Å². The van der Waals surface area contributed by atoms with E-state index in [1.165, 1.54) is 45.2 Å². The molecule has 0 aromatic rings. The van der Waals surface area contributed by atoms with Gasteiger partial charge in [-0.15, -0.1) is 0 Å². The summed E-state index contributed by atoms with van der Waals surface area (Å²) in [5.74, 6) is 0. The largest absolute Gasteiger partial charge is 0.313 e. The molecule has 1 aliphatic heterocycles. The van der Waals surface area contributed by atoms with E-state index in [4.69, 9.17) is 0 Å². The summed E-state index contributed by atoms with van der Waals surface area (Å²) in [6, 6.07) is 2.15. The number of rotatable bonds is 4. The third-order valence-corrected chi connectivity index (χ3v) is 5.26. The normalized spacial score (nSPS) is 30.3. The van der Waals surface area contributed by atoms with Crippen molar-refractivity contribution in [1.29, 1.82) is 0 Å². The van der Waals surface area contributed by atoms with Crippen molar-refractivity contribution in [2.75, 3.05) is 13.1 Å². The maximum absolute atomic E-state index is 3.68. The molecule has 1 aliphatic carbocycles. The highest BCUT2D eigenvalue weighted by Gasteiger charge is 2.41. The van der Waals surface area contributed by atoms with E-state index in [9.17, 15) is 0 Å². The molecule has 0 amide bonds. The summed E-state index contributed by atoms with van der Waals surface area (Å²) < 4.78 is 0. The predicted octanol–water partition coefficient (Wildman–Crippen LogP) is 4.05. The molecule has 118 valence electrons. The average Bonchev–Trinajstić information content (AvgIpc) is 2.73. The van der Waals surface area contributed by atoms with Gasteiger partial charge >= 0.3 is 0 Å². The first-order valence-electron chi connectivity index (χ1n) is 8.68. The van der Waals surface area contributed by atoms with Gasteiger partial charge in [-0.25, -0.2) is 0 Å². The number of nitrogens with one attached hydrogen (secondary N) is 1. The monoisotopic (exact) mass is 280 g/mol. The van der Waals surface area contributed by atoms with Gasteiger partial charge in [-0.05, 0) is 63.3 Å². The zero-order chi connectivity index (χ0) is 15.0. The Kier molecular flexibility index (Phi) is 4.86. The zero-order valence-electron chi connectivity index (χ0n) is 14.6. The van der Waals surface area contributed by atoms with Crippen LogP contribution in [0.2, 0.25) is 0 Å². The maximum atomic E-state index is 3.68. The highest BCUT2D eigenvalue weighted by Crippen LogP contribution is 2.47.